The van der Waals surface area contributed by atoms with E-state index in [0.29, 0.717) is 36.6 Å². The average Bonchev–Trinajstić information content (AvgIpc) is 3.45. The number of pyridine rings is 2. The molecular formula is C32H38FN7O4. The summed E-state index contributed by atoms with van der Waals surface area (Å²) in [7, 11) is 0. The van der Waals surface area contributed by atoms with Crippen molar-refractivity contribution in [2.24, 2.45) is 0 Å². The van der Waals surface area contributed by atoms with E-state index < -0.39 is 11.4 Å². The second-order valence-corrected chi connectivity index (χ2v) is 12.2. The molecule has 12 heteroatoms. The predicted octanol–water partition coefficient (Wildman–Crippen LogP) is 5.85. The minimum absolute atomic E-state index is 0.0496. The molecule has 4 aromatic heterocycles. The molecule has 1 unspecified atom stereocenters. The Kier molecular flexibility index (Phi) is 8.72. The summed E-state index contributed by atoms with van der Waals surface area (Å²) in [5.41, 5.74) is 2.23. The Bertz CT molecular complexity index is 1620. The summed E-state index contributed by atoms with van der Waals surface area (Å²) >= 11 is 0. The first kappa shape index (κ1) is 29.9. The van der Waals surface area contributed by atoms with Crippen molar-refractivity contribution in [3.8, 4) is 22.6 Å². The fraction of sp³-hybridized carbons (Fsp3) is 0.469. The summed E-state index contributed by atoms with van der Waals surface area (Å²) < 4.78 is 35.3. The molecule has 11 nitrogen and oxygen atoms in total. The molecule has 232 valence electrons. The molecule has 1 N–H and O–H groups in total. The number of amides is 1. The number of nitrogens with one attached hydrogen (secondary N) is 1. The van der Waals surface area contributed by atoms with Crippen molar-refractivity contribution in [1.82, 2.24) is 29.5 Å². The fourth-order valence-electron chi connectivity index (χ4n) is 5.47. The monoisotopic (exact) mass is 603 g/mol. The molecule has 4 aromatic rings. The SMILES string of the molecule is CC(C)(C)OC(=O)N1CCC[C@@H](Nc2nc(-c3cnn4ccccc34)nc(-c3cncc(COC4CCCCO4)c3)c2F)C1. The van der Waals surface area contributed by atoms with Gasteiger partial charge in [-0.2, -0.15) is 5.10 Å². The minimum Gasteiger partial charge on any atom is -0.444 e. The van der Waals surface area contributed by atoms with Gasteiger partial charge in [0.2, 0.25) is 0 Å². The predicted molar refractivity (Wildman–Crippen MR) is 162 cm³/mol. The molecule has 2 aliphatic rings. The lowest BCUT2D eigenvalue weighted by Gasteiger charge is -2.34. The lowest BCUT2D eigenvalue weighted by molar-refractivity contribution is -0.168. The van der Waals surface area contributed by atoms with Crippen molar-refractivity contribution in [2.75, 3.05) is 25.0 Å². The number of likely N-dealkylation sites (tertiary alicyclic amines) is 1. The van der Waals surface area contributed by atoms with Crippen LogP contribution < -0.4 is 5.32 Å². The van der Waals surface area contributed by atoms with E-state index in [2.05, 4.69) is 20.4 Å². The molecule has 0 spiro atoms. The smallest absolute Gasteiger partial charge is 0.410 e. The van der Waals surface area contributed by atoms with E-state index in [-0.39, 0.29) is 36.5 Å². The zero-order chi connectivity index (χ0) is 30.7. The number of rotatable bonds is 7. The molecule has 0 aromatic carbocycles. The van der Waals surface area contributed by atoms with E-state index in [1.54, 1.807) is 28.0 Å². The first-order valence-electron chi connectivity index (χ1n) is 15.2. The van der Waals surface area contributed by atoms with E-state index in [9.17, 15) is 4.79 Å². The highest BCUT2D eigenvalue weighted by Crippen LogP contribution is 2.31. The Balaban J connectivity index is 1.32. The number of nitrogens with zero attached hydrogens (tertiary/aromatic N) is 6. The second kappa shape index (κ2) is 12.8. The van der Waals surface area contributed by atoms with Gasteiger partial charge in [0, 0.05) is 49.9 Å². The van der Waals surface area contributed by atoms with Crippen LogP contribution in [0.4, 0.5) is 15.0 Å². The summed E-state index contributed by atoms with van der Waals surface area (Å²) in [6, 6.07) is 7.29. The molecule has 2 fully saturated rings. The van der Waals surface area contributed by atoms with Crippen molar-refractivity contribution < 1.29 is 23.4 Å². The van der Waals surface area contributed by atoms with Crippen LogP contribution in [0.5, 0.6) is 0 Å². The number of fused-ring (bicyclic) bond motifs is 1. The van der Waals surface area contributed by atoms with E-state index in [4.69, 9.17) is 19.2 Å². The molecule has 0 saturated carbocycles. The molecule has 1 amide bonds. The van der Waals surface area contributed by atoms with E-state index in [1.165, 1.54) is 0 Å². The van der Waals surface area contributed by atoms with Crippen LogP contribution in [-0.2, 0) is 20.8 Å². The van der Waals surface area contributed by atoms with Gasteiger partial charge >= 0.3 is 6.09 Å². The van der Waals surface area contributed by atoms with Crippen molar-refractivity contribution in [1.29, 1.82) is 0 Å². The van der Waals surface area contributed by atoms with Crippen LogP contribution in [0.3, 0.4) is 0 Å². The maximum absolute atomic E-state index is 16.3. The quantitative estimate of drug-likeness (QED) is 0.278. The number of carbonyl (C=O) groups is 1. The van der Waals surface area contributed by atoms with Gasteiger partial charge in [-0.3, -0.25) is 4.98 Å². The first-order valence-corrected chi connectivity index (χ1v) is 15.2. The van der Waals surface area contributed by atoms with Crippen LogP contribution in [-0.4, -0.2) is 73.2 Å². The normalized spacial score (nSPS) is 19.2. The number of carbonyl (C=O) groups excluding carboxylic acids is 1. The fourth-order valence-corrected chi connectivity index (χ4v) is 5.47. The lowest BCUT2D eigenvalue weighted by Crippen LogP contribution is -2.47. The molecule has 0 bridgehead atoms. The van der Waals surface area contributed by atoms with Gasteiger partial charge in [-0.15, -0.1) is 0 Å². The summed E-state index contributed by atoms with van der Waals surface area (Å²) in [6.45, 7) is 7.42. The topological polar surface area (TPSA) is 116 Å². The minimum atomic E-state index is -0.606. The molecule has 6 rings (SSSR count). The Morgan fingerprint density at radius 2 is 2.02 bits per heavy atom. The molecule has 0 aliphatic carbocycles. The Hall–Kier alpha value is -4.16. The Morgan fingerprint density at radius 3 is 2.84 bits per heavy atom. The third-order valence-electron chi connectivity index (χ3n) is 7.57. The van der Waals surface area contributed by atoms with Crippen molar-refractivity contribution in [3.63, 3.8) is 0 Å². The summed E-state index contributed by atoms with van der Waals surface area (Å²) in [5.74, 6) is -0.231. The highest BCUT2D eigenvalue weighted by Gasteiger charge is 2.29. The number of anilines is 1. The number of aromatic nitrogens is 5. The van der Waals surface area contributed by atoms with Gasteiger partial charge in [-0.1, -0.05) is 6.07 Å². The molecule has 2 aliphatic heterocycles. The number of hydrogen-bond donors (Lipinski definition) is 1. The molecule has 6 heterocycles. The maximum atomic E-state index is 16.3. The van der Waals surface area contributed by atoms with Gasteiger partial charge in [0.1, 0.15) is 11.3 Å². The highest BCUT2D eigenvalue weighted by atomic mass is 19.1. The molecule has 2 atom stereocenters. The van der Waals surface area contributed by atoms with Crippen LogP contribution in [0.1, 0.15) is 58.4 Å². The first-order chi connectivity index (χ1) is 21.2. The number of hydrogen-bond acceptors (Lipinski definition) is 9. The molecule has 44 heavy (non-hydrogen) atoms. The van der Waals surface area contributed by atoms with Crippen molar-refractivity contribution in [3.05, 3.63) is 60.4 Å². The third kappa shape index (κ3) is 6.97. The van der Waals surface area contributed by atoms with Crippen LogP contribution in [0, 0.1) is 5.82 Å². The zero-order valence-electron chi connectivity index (χ0n) is 25.3. The van der Waals surface area contributed by atoms with Gasteiger partial charge in [-0.25, -0.2) is 23.7 Å². The number of halogens is 1. The molecule has 2 saturated heterocycles. The molecular weight excluding hydrogens is 565 g/mol. The van der Waals surface area contributed by atoms with Gasteiger partial charge in [0.25, 0.3) is 0 Å². The van der Waals surface area contributed by atoms with Crippen molar-refractivity contribution >= 4 is 17.4 Å². The standard InChI is InChI=1S/C32H38FN7O4/c1-32(2,3)44-31(41)39-12-8-9-23(19-39)36-30-27(33)28(37-29(38-30)24-18-35-40-13-6-4-10-25(24)40)22-15-21(16-34-17-22)20-43-26-11-5-7-14-42-26/h4,6,10,13,15-18,23,26H,5,7-9,11-12,14,19-20H2,1-3H3,(H,36,37,38)/t23-,26?/m1/s1. The van der Waals surface area contributed by atoms with Gasteiger partial charge in [0.05, 0.1) is 23.9 Å². The van der Waals surface area contributed by atoms with Gasteiger partial charge in [0.15, 0.2) is 23.7 Å². The number of piperidine rings is 1. The van der Waals surface area contributed by atoms with Gasteiger partial charge in [-0.05, 0) is 76.6 Å². The zero-order valence-corrected chi connectivity index (χ0v) is 25.3. The summed E-state index contributed by atoms with van der Waals surface area (Å²) in [4.78, 5) is 28.1. The average molecular weight is 604 g/mol. The van der Waals surface area contributed by atoms with Crippen LogP contribution in [0.25, 0.3) is 28.2 Å². The largest absolute Gasteiger partial charge is 0.444 e. The Labute approximate surface area is 255 Å². The maximum Gasteiger partial charge on any atom is 0.410 e. The number of ether oxygens (including phenoxy) is 3. The lowest BCUT2D eigenvalue weighted by atomic mass is 10.1. The van der Waals surface area contributed by atoms with Crippen LogP contribution in [0.2, 0.25) is 0 Å². The molecule has 0 radical (unpaired) electrons. The van der Waals surface area contributed by atoms with Gasteiger partial charge < -0.3 is 24.4 Å². The second-order valence-electron chi connectivity index (χ2n) is 12.2. The van der Waals surface area contributed by atoms with E-state index in [0.717, 1.165) is 43.2 Å². The highest BCUT2D eigenvalue weighted by molar-refractivity contribution is 5.78. The van der Waals surface area contributed by atoms with E-state index >= 15 is 4.39 Å². The van der Waals surface area contributed by atoms with Crippen LogP contribution in [0.15, 0.2) is 49.1 Å². The van der Waals surface area contributed by atoms with E-state index in [1.807, 2.05) is 51.2 Å². The van der Waals surface area contributed by atoms with Crippen molar-refractivity contribution in [2.45, 2.75) is 77.4 Å². The third-order valence-corrected chi connectivity index (χ3v) is 7.57. The summed E-state index contributed by atoms with van der Waals surface area (Å²) in [6.07, 6.45) is 10.6. The Morgan fingerprint density at radius 1 is 1.14 bits per heavy atom. The van der Waals surface area contributed by atoms with Crippen LogP contribution >= 0.6 is 0 Å². The summed E-state index contributed by atoms with van der Waals surface area (Å²) in [5, 5.41) is 7.71.